The highest BCUT2D eigenvalue weighted by atomic mass is 15.4. The van der Waals surface area contributed by atoms with Crippen molar-refractivity contribution in [1.82, 2.24) is 9.80 Å². The third kappa shape index (κ3) is 13.6. The van der Waals surface area contributed by atoms with Crippen molar-refractivity contribution >= 4 is 0 Å². The Morgan fingerprint density at radius 3 is 1.10 bits per heavy atom. The van der Waals surface area contributed by atoms with Gasteiger partial charge in [-0.3, -0.25) is 0 Å². The minimum atomic E-state index is 0.640. The zero-order chi connectivity index (χ0) is 21.7. The van der Waals surface area contributed by atoms with E-state index in [2.05, 4.69) is 43.0 Å². The lowest BCUT2D eigenvalue weighted by Gasteiger charge is -2.32. The summed E-state index contributed by atoms with van der Waals surface area (Å²) in [5.74, 6) is 0. The van der Waals surface area contributed by atoms with Crippen LogP contribution in [0, 0.1) is 0 Å². The monoisotopic (exact) mass is 420 g/mol. The van der Waals surface area contributed by atoms with E-state index >= 15 is 0 Å². The zero-order valence-corrected chi connectivity index (χ0v) is 21.2. The molecule has 0 amide bonds. The first kappa shape index (κ1) is 27.4. The van der Waals surface area contributed by atoms with Gasteiger partial charge in [0.1, 0.15) is 6.17 Å². The van der Waals surface area contributed by atoms with Gasteiger partial charge < -0.3 is 9.80 Å². The van der Waals surface area contributed by atoms with E-state index in [0.29, 0.717) is 6.17 Å². The van der Waals surface area contributed by atoms with Gasteiger partial charge in [0.15, 0.2) is 0 Å². The summed E-state index contributed by atoms with van der Waals surface area (Å²) in [6.07, 6.45) is 33.9. The van der Waals surface area contributed by atoms with E-state index in [-0.39, 0.29) is 0 Å². The molecule has 0 bridgehead atoms. The van der Waals surface area contributed by atoms with Crippen molar-refractivity contribution in [3.63, 3.8) is 0 Å². The number of hydrogen-bond donors (Lipinski definition) is 0. The highest BCUT2D eigenvalue weighted by molar-refractivity contribution is 4.96. The van der Waals surface area contributed by atoms with Crippen LogP contribution in [0.2, 0.25) is 0 Å². The summed E-state index contributed by atoms with van der Waals surface area (Å²) in [7, 11) is 0. The van der Waals surface area contributed by atoms with Gasteiger partial charge >= 0.3 is 0 Å². The van der Waals surface area contributed by atoms with Gasteiger partial charge in [0, 0.05) is 25.5 Å². The molecule has 0 radical (unpaired) electrons. The van der Waals surface area contributed by atoms with Gasteiger partial charge in [-0.05, 0) is 25.7 Å². The van der Waals surface area contributed by atoms with Gasteiger partial charge in [0.2, 0.25) is 0 Å². The molecule has 0 aromatic heterocycles. The number of hydrogen-bond acceptors (Lipinski definition) is 2. The summed E-state index contributed by atoms with van der Waals surface area (Å²) < 4.78 is 0. The number of rotatable bonds is 22. The fourth-order valence-electron chi connectivity index (χ4n) is 4.91. The third-order valence-corrected chi connectivity index (χ3v) is 6.74. The first-order chi connectivity index (χ1) is 14.8. The zero-order valence-electron chi connectivity index (χ0n) is 21.2. The van der Waals surface area contributed by atoms with Crippen LogP contribution in [0.5, 0.6) is 0 Å². The molecule has 2 heteroatoms. The fraction of sp³-hybridized carbons (Fsp3) is 0.929. The van der Waals surface area contributed by atoms with Crippen LogP contribution in [0.15, 0.2) is 12.4 Å². The van der Waals surface area contributed by atoms with Crippen molar-refractivity contribution < 1.29 is 0 Å². The van der Waals surface area contributed by atoms with Crippen LogP contribution in [0.3, 0.4) is 0 Å². The van der Waals surface area contributed by atoms with Crippen molar-refractivity contribution in [2.45, 2.75) is 155 Å². The standard InChI is InChI=1S/C28H56N2/c1-4-7-8-9-10-11-12-13-14-15-16-17-18-19-20-21-22-23-28-29(24-5-2)26-27-30(28)25-6-3/h26-28H,4-25H2,1-3H3. The quantitative estimate of drug-likeness (QED) is 0.161. The highest BCUT2D eigenvalue weighted by Gasteiger charge is 2.24. The molecule has 0 aromatic carbocycles. The maximum absolute atomic E-state index is 2.57. The molecule has 0 saturated heterocycles. The molecule has 0 saturated carbocycles. The molecular formula is C28H56N2. The molecule has 0 unspecified atom stereocenters. The van der Waals surface area contributed by atoms with Crippen molar-refractivity contribution in [2.24, 2.45) is 0 Å². The Morgan fingerprint density at radius 1 is 0.433 bits per heavy atom. The predicted molar refractivity (Wildman–Crippen MR) is 136 cm³/mol. The van der Waals surface area contributed by atoms with Crippen LogP contribution in [0.25, 0.3) is 0 Å². The van der Waals surface area contributed by atoms with Crippen molar-refractivity contribution in [2.75, 3.05) is 13.1 Å². The van der Waals surface area contributed by atoms with E-state index in [1.54, 1.807) is 0 Å². The van der Waals surface area contributed by atoms with Crippen LogP contribution in [-0.4, -0.2) is 29.1 Å². The molecule has 178 valence electrons. The molecule has 1 aliphatic rings. The Morgan fingerprint density at radius 2 is 0.767 bits per heavy atom. The summed E-state index contributed by atoms with van der Waals surface area (Å²) in [6, 6.07) is 0. The Bertz CT molecular complexity index is 363. The van der Waals surface area contributed by atoms with Crippen LogP contribution >= 0.6 is 0 Å². The predicted octanol–water partition coefficient (Wildman–Crippen LogP) is 9.26. The van der Waals surface area contributed by atoms with Crippen molar-refractivity contribution in [1.29, 1.82) is 0 Å². The van der Waals surface area contributed by atoms with Crippen molar-refractivity contribution in [3.05, 3.63) is 12.4 Å². The topological polar surface area (TPSA) is 6.48 Å². The van der Waals surface area contributed by atoms with E-state index in [9.17, 15) is 0 Å². The Hall–Kier alpha value is -0.660. The molecule has 1 aliphatic heterocycles. The van der Waals surface area contributed by atoms with Gasteiger partial charge in [0.05, 0.1) is 0 Å². The second-order valence-electron chi connectivity index (χ2n) is 9.70. The van der Waals surface area contributed by atoms with Crippen molar-refractivity contribution in [3.8, 4) is 0 Å². The van der Waals surface area contributed by atoms with E-state index < -0.39 is 0 Å². The second kappa shape index (κ2) is 20.3. The molecule has 1 heterocycles. The minimum absolute atomic E-state index is 0.640. The molecule has 1 rings (SSSR count). The van der Waals surface area contributed by atoms with Crippen LogP contribution in [0.4, 0.5) is 0 Å². The lowest BCUT2D eigenvalue weighted by Crippen LogP contribution is -2.39. The molecule has 0 aromatic rings. The minimum Gasteiger partial charge on any atom is -0.356 e. The van der Waals surface area contributed by atoms with Gasteiger partial charge in [-0.25, -0.2) is 0 Å². The average Bonchev–Trinajstić information content (AvgIpc) is 3.12. The summed E-state index contributed by atoms with van der Waals surface area (Å²) in [5.41, 5.74) is 0. The maximum atomic E-state index is 2.57. The summed E-state index contributed by atoms with van der Waals surface area (Å²) in [6.45, 7) is 9.31. The average molecular weight is 421 g/mol. The molecule has 2 nitrogen and oxygen atoms in total. The summed E-state index contributed by atoms with van der Waals surface area (Å²) in [5, 5.41) is 0. The largest absolute Gasteiger partial charge is 0.356 e. The van der Waals surface area contributed by atoms with Gasteiger partial charge in [-0.1, -0.05) is 124 Å². The van der Waals surface area contributed by atoms with E-state index in [1.807, 2.05) is 0 Å². The second-order valence-corrected chi connectivity index (χ2v) is 9.70. The van der Waals surface area contributed by atoms with Gasteiger partial charge in [-0.2, -0.15) is 0 Å². The molecular weight excluding hydrogens is 364 g/mol. The molecule has 0 fully saturated rings. The lowest BCUT2D eigenvalue weighted by atomic mass is 10.0. The van der Waals surface area contributed by atoms with Crippen LogP contribution < -0.4 is 0 Å². The molecule has 0 spiro atoms. The van der Waals surface area contributed by atoms with Gasteiger partial charge in [-0.15, -0.1) is 0 Å². The number of nitrogens with zero attached hydrogens (tertiary/aromatic N) is 2. The first-order valence-electron chi connectivity index (χ1n) is 14.0. The molecule has 0 atom stereocenters. The van der Waals surface area contributed by atoms with E-state index in [1.165, 1.54) is 142 Å². The van der Waals surface area contributed by atoms with Crippen LogP contribution in [0.1, 0.15) is 149 Å². The fourth-order valence-corrected chi connectivity index (χ4v) is 4.91. The lowest BCUT2D eigenvalue weighted by molar-refractivity contribution is 0.139. The normalized spacial score (nSPS) is 14.4. The Kier molecular flexibility index (Phi) is 18.5. The Labute approximate surface area is 190 Å². The summed E-state index contributed by atoms with van der Waals surface area (Å²) >= 11 is 0. The van der Waals surface area contributed by atoms with E-state index in [0.717, 1.165) is 0 Å². The smallest absolute Gasteiger partial charge is 0.101 e. The molecule has 0 aliphatic carbocycles. The van der Waals surface area contributed by atoms with E-state index in [4.69, 9.17) is 0 Å². The number of unbranched alkanes of at least 4 members (excludes halogenated alkanes) is 16. The van der Waals surface area contributed by atoms with Crippen LogP contribution in [-0.2, 0) is 0 Å². The maximum Gasteiger partial charge on any atom is 0.101 e. The van der Waals surface area contributed by atoms with Gasteiger partial charge in [0.25, 0.3) is 0 Å². The molecule has 30 heavy (non-hydrogen) atoms. The molecule has 0 N–H and O–H groups in total. The third-order valence-electron chi connectivity index (χ3n) is 6.74. The highest BCUT2D eigenvalue weighted by Crippen LogP contribution is 2.22. The Balaban J connectivity index is 1.86. The first-order valence-corrected chi connectivity index (χ1v) is 14.0. The SMILES string of the molecule is CCCCCCCCCCCCCCCCCCCC1N(CCC)C=CN1CCC. The summed E-state index contributed by atoms with van der Waals surface area (Å²) in [4.78, 5) is 5.14.